The molecule has 0 aliphatic carbocycles. The first-order valence-electron chi connectivity index (χ1n) is 6.40. The van der Waals surface area contributed by atoms with E-state index in [4.69, 9.17) is 0 Å². The van der Waals surface area contributed by atoms with Crippen LogP contribution in [0.2, 0.25) is 0 Å². The van der Waals surface area contributed by atoms with Gasteiger partial charge in [0, 0.05) is 12.6 Å². The third kappa shape index (κ3) is 6.32. The van der Waals surface area contributed by atoms with Gasteiger partial charge in [-0.3, -0.25) is 4.79 Å². The van der Waals surface area contributed by atoms with Crippen LogP contribution >= 0.6 is 0 Å². The van der Waals surface area contributed by atoms with Crippen LogP contribution in [0.4, 0.5) is 0 Å². The second kappa shape index (κ2) is 7.70. The molecule has 1 atom stereocenters. The molecule has 7 heteroatoms. The number of esters is 1. The molecule has 1 aliphatic rings. The van der Waals surface area contributed by atoms with Crippen molar-refractivity contribution in [3.05, 3.63) is 0 Å². The monoisotopic (exact) mass is 278 g/mol. The lowest BCUT2D eigenvalue weighted by Gasteiger charge is -2.11. The van der Waals surface area contributed by atoms with Crippen molar-refractivity contribution in [3.63, 3.8) is 0 Å². The number of nitrogens with one attached hydrogen (secondary N) is 2. The third-order valence-corrected chi connectivity index (χ3v) is 4.24. The maximum Gasteiger partial charge on any atom is 0.306 e. The highest BCUT2D eigenvalue weighted by molar-refractivity contribution is 7.89. The summed E-state index contributed by atoms with van der Waals surface area (Å²) in [6.07, 6.45) is 2.95. The lowest BCUT2D eigenvalue weighted by molar-refractivity contribution is -0.142. The minimum atomic E-state index is -3.37. The minimum absolute atomic E-state index is 0.0924. The molecule has 0 bridgehead atoms. The Labute approximate surface area is 109 Å². The number of carbonyl (C=O) groups excluding carboxylic acids is 1. The first-order valence-corrected chi connectivity index (χ1v) is 8.05. The van der Waals surface area contributed by atoms with Crippen LogP contribution in [-0.4, -0.2) is 45.9 Å². The van der Waals surface area contributed by atoms with Crippen molar-refractivity contribution < 1.29 is 17.9 Å². The molecule has 0 amide bonds. The van der Waals surface area contributed by atoms with Gasteiger partial charge in [0.15, 0.2) is 0 Å². The van der Waals surface area contributed by atoms with Crippen molar-refractivity contribution >= 4 is 16.0 Å². The Hall–Kier alpha value is -0.660. The van der Waals surface area contributed by atoms with Gasteiger partial charge in [-0.25, -0.2) is 13.1 Å². The van der Waals surface area contributed by atoms with Crippen LogP contribution in [0.25, 0.3) is 0 Å². The Bertz CT molecular complexity index is 350. The van der Waals surface area contributed by atoms with E-state index in [1.165, 1.54) is 0 Å². The molecule has 6 nitrogen and oxygen atoms in total. The summed E-state index contributed by atoms with van der Waals surface area (Å²) in [6.45, 7) is 3.40. The van der Waals surface area contributed by atoms with Crippen LogP contribution in [-0.2, 0) is 19.6 Å². The summed E-state index contributed by atoms with van der Waals surface area (Å²) in [5, 5.41) is 3.30. The molecule has 2 N–H and O–H groups in total. The molecule has 0 unspecified atom stereocenters. The van der Waals surface area contributed by atoms with Gasteiger partial charge >= 0.3 is 5.97 Å². The molecule has 1 fully saturated rings. The van der Waals surface area contributed by atoms with Gasteiger partial charge in [-0.2, -0.15) is 0 Å². The van der Waals surface area contributed by atoms with E-state index in [9.17, 15) is 13.2 Å². The van der Waals surface area contributed by atoms with Crippen molar-refractivity contribution in [2.45, 2.75) is 38.6 Å². The van der Waals surface area contributed by atoms with E-state index in [2.05, 4.69) is 14.8 Å². The predicted molar refractivity (Wildman–Crippen MR) is 68.7 cm³/mol. The van der Waals surface area contributed by atoms with Crippen LogP contribution in [0.5, 0.6) is 0 Å². The first-order chi connectivity index (χ1) is 8.53. The molecule has 0 radical (unpaired) electrons. The van der Waals surface area contributed by atoms with E-state index in [1.807, 2.05) is 0 Å². The average Bonchev–Trinajstić information content (AvgIpc) is 2.80. The molecule has 0 aromatic rings. The number of hydrogen-bond donors (Lipinski definition) is 2. The highest BCUT2D eigenvalue weighted by atomic mass is 32.2. The van der Waals surface area contributed by atoms with E-state index < -0.39 is 16.0 Å². The van der Waals surface area contributed by atoms with Gasteiger partial charge in [0.25, 0.3) is 0 Å². The van der Waals surface area contributed by atoms with E-state index in [0.29, 0.717) is 12.6 Å². The predicted octanol–water partition coefficient (Wildman–Crippen LogP) is 0.00110. The highest BCUT2D eigenvalue weighted by Gasteiger charge is 2.16. The van der Waals surface area contributed by atoms with E-state index in [-0.39, 0.29) is 18.8 Å². The van der Waals surface area contributed by atoms with Crippen molar-refractivity contribution in [3.8, 4) is 0 Å². The molecule has 1 rings (SSSR count). The second-order valence-electron chi connectivity index (χ2n) is 4.35. The molecular formula is C11H22N2O4S. The number of rotatable bonds is 8. The topological polar surface area (TPSA) is 84.5 Å². The summed E-state index contributed by atoms with van der Waals surface area (Å²) in [4.78, 5) is 11.0. The Morgan fingerprint density at radius 1 is 1.50 bits per heavy atom. The smallest absolute Gasteiger partial charge is 0.306 e. The molecule has 0 aromatic heterocycles. The van der Waals surface area contributed by atoms with Gasteiger partial charge in [-0.1, -0.05) is 0 Å². The Morgan fingerprint density at radius 2 is 2.28 bits per heavy atom. The molecule has 1 aliphatic heterocycles. The minimum Gasteiger partial charge on any atom is -0.466 e. The Kier molecular flexibility index (Phi) is 6.59. The molecule has 0 spiro atoms. The van der Waals surface area contributed by atoms with Crippen molar-refractivity contribution in [2.75, 3.05) is 25.4 Å². The lowest BCUT2D eigenvalue weighted by atomic mass is 10.2. The summed E-state index contributed by atoms with van der Waals surface area (Å²) < 4.78 is 30.3. The molecule has 0 saturated carbocycles. The van der Waals surface area contributed by atoms with Gasteiger partial charge in [0.05, 0.1) is 18.8 Å². The molecule has 1 saturated heterocycles. The number of ether oxygens (including phenoxy) is 1. The summed E-state index contributed by atoms with van der Waals surface area (Å²) >= 11 is 0. The molecule has 1 heterocycles. The standard InChI is InChI=1S/C11H22N2O4S/c1-2-17-11(14)6-9-18(15,16)13-8-5-10-4-3-7-12-10/h10,12-13H,2-9H2,1H3/t10-/m1/s1. The van der Waals surface area contributed by atoms with Crippen LogP contribution in [0, 0.1) is 0 Å². The third-order valence-electron chi connectivity index (χ3n) is 2.86. The fourth-order valence-corrected chi connectivity index (χ4v) is 2.92. The maximum atomic E-state index is 11.6. The normalized spacial score (nSPS) is 19.9. The van der Waals surface area contributed by atoms with Gasteiger partial charge in [-0.05, 0) is 32.7 Å². The Morgan fingerprint density at radius 3 is 2.89 bits per heavy atom. The quantitative estimate of drug-likeness (QED) is 0.611. The highest BCUT2D eigenvalue weighted by Crippen LogP contribution is 2.07. The summed E-state index contributed by atoms with van der Waals surface area (Å²) in [5.74, 6) is -0.676. The zero-order valence-electron chi connectivity index (χ0n) is 10.8. The van der Waals surface area contributed by atoms with Gasteiger partial charge in [0.1, 0.15) is 0 Å². The van der Waals surface area contributed by atoms with Crippen molar-refractivity contribution in [1.29, 1.82) is 0 Å². The van der Waals surface area contributed by atoms with Gasteiger partial charge < -0.3 is 10.1 Å². The fraction of sp³-hybridized carbons (Fsp3) is 0.909. The van der Waals surface area contributed by atoms with Crippen molar-refractivity contribution in [2.24, 2.45) is 0 Å². The van der Waals surface area contributed by atoms with Gasteiger partial charge in [0.2, 0.25) is 10.0 Å². The number of carbonyl (C=O) groups is 1. The van der Waals surface area contributed by atoms with E-state index in [1.54, 1.807) is 6.92 Å². The van der Waals surface area contributed by atoms with Crippen molar-refractivity contribution in [1.82, 2.24) is 10.0 Å². The van der Waals surface area contributed by atoms with E-state index >= 15 is 0 Å². The zero-order valence-corrected chi connectivity index (χ0v) is 11.6. The lowest BCUT2D eigenvalue weighted by Crippen LogP contribution is -2.32. The largest absolute Gasteiger partial charge is 0.466 e. The molecule has 0 aromatic carbocycles. The fourth-order valence-electron chi connectivity index (χ4n) is 1.91. The van der Waals surface area contributed by atoms with E-state index in [0.717, 1.165) is 25.8 Å². The summed E-state index contributed by atoms with van der Waals surface area (Å²) in [5.41, 5.74) is 0. The summed E-state index contributed by atoms with van der Waals surface area (Å²) in [7, 11) is -3.37. The van der Waals surface area contributed by atoms with Crippen LogP contribution < -0.4 is 10.0 Å². The summed E-state index contributed by atoms with van der Waals surface area (Å²) in [6, 6.07) is 0.415. The SMILES string of the molecule is CCOC(=O)CCS(=O)(=O)NCC[C@H]1CCCN1. The maximum absolute atomic E-state index is 11.6. The number of sulfonamides is 1. The molecular weight excluding hydrogens is 256 g/mol. The average molecular weight is 278 g/mol. The van der Waals surface area contributed by atoms with Gasteiger partial charge in [-0.15, -0.1) is 0 Å². The van der Waals surface area contributed by atoms with Crippen LogP contribution in [0.1, 0.15) is 32.6 Å². The van der Waals surface area contributed by atoms with Crippen LogP contribution in [0.15, 0.2) is 0 Å². The molecule has 18 heavy (non-hydrogen) atoms. The molecule has 106 valence electrons. The Balaban J connectivity index is 2.16. The second-order valence-corrected chi connectivity index (χ2v) is 6.28. The van der Waals surface area contributed by atoms with Crippen LogP contribution in [0.3, 0.4) is 0 Å². The number of hydrogen-bond acceptors (Lipinski definition) is 5. The zero-order chi connectivity index (χ0) is 13.4. The first kappa shape index (κ1) is 15.4.